The Morgan fingerprint density at radius 3 is 2.32 bits per heavy atom. The van der Waals surface area contributed by atoms with Gasteiger partial charge in [0, 0.05) is 32.7 Å². The molecule has 2 aromatic rings. The number of hydrogen-bond acceptors (Lipinski definition) is 5. The fraction of sp³-hybridized carbons (Fsp3) is 0.417. The Hall–Kier alpha value is -3.27. The van der Waals surface area contributed by atoms with Gasteiger partial charge in [-0.25, -0.2) is 0 Å². The van der Waals surface area contributed by atoms with Crippen LogP contribution in [0.3, 0.4) is 0 Å². The van der Waals surface area contributed by atoms with Crippen LogP contribution in [-0.2, 0) is 16.1 Å². The van der Waals surface area contributed by atoms with Gasteiger partial charge in [0.1, 0.15) is 11.5 Å². The minimum absolute atomic E-state index is 0.0710. The van der Waals surface area contributed by atoms with E-state index in [0.29, 0.717) is 39.1 Å². The second kappa shape index (κ2) is 11.7. The number of ether oxygens (including phenoxy) is 2. The van der Waals surface area contributed by atoms with E-state index in [0.717, 1.165) is 17.7 Å². The molecule has 1 unspecified atom stereocenters. The molecule has 0 aromatic heterocycles. The van der Waals surface area contributed by atoms with Gasteiger partial charge in [0.2, 0.25) is 5.91 Å². The van der Waals surface area contributed by atoms with Crippen molar-refractivity contribution in [2.24, 2.45) is 0 Å². The van der Waals surface area contributed by atoms with Crippen LogP contribution in [0.25, 0.3) is 0 Å². The largest absolute Gasteiger partial charge is 0.573 e. The number of halogens is 3. The zero-order chi connectivity index (χ0) is 24.6. The van der Waals surface area contributed by atoms with E-state index in [1.54, 1.807) is 11.8 Å². The summed E-state index contributed by atoms with van der Waals surface area (Å²) in [5.41, 5.74) is 1.03. The monoisotopic (exact) mass is 479 g/mol. The molecule has 1 N–H and O–H groups in total. The number of nitrogens with one attached hydrogen (secondary N) is 1. The number of rotatable bonds is 8. The van der Waals surface area contributed by atoms with E-state index >= 15 is 0 Å². The second-order valence-corrected chi connectivity index (χ2v) is 8.00. The third-order valence-electron chi connectivity index (χ3n) is 5.32. The standard InChI is InChI=1S/C24H28F3N3O4/c1-18(33-20-8-10-21(11-9-20)34-24(25,26)27)23(32)30-13-5-12-29(14-15-30)17-22(31)28-16-19-6-3-2-4-7-19/h2-4,6-11,18H,5,12-17H2,1H3,(H,28,31). The van der Waals surface area contributed by atoms with Gasteiger partial charge in [-0.05, 0) is 43.2 Å². The zero-order valence-corrected chi connectivity index (χ0v) is 18.9. The zero-order valence-electron chi connectivity index (χ0n) is 18.9. The summed E-state index contributed by atoms with van der Waals surface area (Å²) in [5.74, 6) is -0.384. The summed E-state index contributed by atoms with van der Waals surface area (Å²) in [4.78, 5) is 28.8. The molecule has 0 bridgehead atoms. The molecule has 0 saturated carbocycles. The third kappa shape index (κ3) is 8.26. The normalized spacial score (nSPS) is 15.8. The van der Waals surface area contributed by atoms with Crippen LogP contribution in [-0.4, -0.2) is 66.8 Å². The van der Waals surface area contributed by atoms with Gasteiger partial charge in [0.25, 0.3) is 5.91 Å². The highest BCUT2D eigenvalue weighted by Crippen LogP contribution is 2.25. The molecule has 2 aromatic carbocycles. The molecule has 0 aliphatic carbocycles. The van der Waals surface area contributed by atoms with E-state index in [9.17, 15) is 22.8 Å². The summed E-state index contributed by atoms with van der Waals surface area (Å²) < 4.78 is 46.3. The van der Waals surface area contributed by atoms with Crippen LogP contribution in [0.5, 0.6) is 11.5 Å². The van der Waals surface area contributed by atoms with Crippen molar-refractivity contribution in [3.8, 4) is 11.5 Å². The number of hydrogen-bond donors (Lipinski definition) is 1. The first-order valence-electron chi connectivity index (χ1n) is 11.0. The number of carbonyl (C=O) groups is 2. The molecule has 1 fully saturated rings. The summed E-state index contributed by atoms with van der Waals surface area (Å²) in [6.07, 6.45) is -4.86. The molecule has 1 aliphatic rings. The average molecular weight is 479 g/mol. The Kier molecular flexibility index (Phi) is 8.75. The molecule has 2 amide bonds. The Morgan fingerprint density at radius 2 is 1.65 bits per heavy atom. The molecule has 184 valence electrons. The molecule has 34 heavy (non-hydrogen) atoms. The first kappa shape index (κ1) is 25.4. The van der Waals surface area contributed by atoms with Gasteiger partial charge >= 0.3 is 6.36 Å². The second-order valence-electron chi connectivity index (χ2n) is 8.00. The van der Waals surface area contributed by atoms with Crippen molar-refractivity contribution in [1.29, 1.82) is 0 Å². The molecule has 1 saturated heterocycles. The lowest BCUT2D eigenvalue weighted by atomic mass is 10.2. The summed E-state index contributed by atoms with van der Waals surface area (Å²) in [6.45, 7) is 4.56. The van der Waals surface area contributed by atoms with Gasteiger partial charge in [-0.2, -0.15) is 0 Å². The van der Waals surface area contributed by atoms with Crippen molar-refractivity contribution < 1.29 is 32.2 Å². The first-order valence-corrected chi connectivity index (χ1v) is 11.0. The smallest absolute Gasteiger partial charge is 0.481 e. The van der Waals surface area contributed by atoms with Crippen LogP contribution in [0.4, 0.5) is 13.2 Å². The van der Waals surface area contributed by atoms with Gasteiger partial charge in [0.05, 0.1) is 6.54 Å². The molecule has 3 rings (SSSR count). The number of alkyl halides is 3. The summed E-state index contributed by atoms with van der Waals surface area (Å²) >= 11 is 0. The molecule has 0 spiro atoms. The topological polar surface area (TPSA) is 71.1 Å². The SMILES string of the molecule is CC(Oc1ccc(OC(F)(F)F)cc1)C(=O)N1CCCN(CC(=O)NCc2ccccc2)CC1. The molecule has 1 atom stereocenters. The number of benzene rings is 2. The molecule has 7 nitrogen and oxygen atoms in total. The fourth-order valence-electron chi connectivity index (χ4n) is 3.64. The van der Waals surface area contributed by atoms with Gasteiger partial charge in [-0.15, -0.1) is 13.2 Å². The Morgan fingerprint density at radius 1 is 0.971 bits per heavy atom. The Labute approximate surface area is 196 Å². The van der Waals surface area contributed by atoms with Crippen LogP contribution < -0.4 is 14.8 Å². The van der Waals surface area contributed by atoms with Gasteiger partial charge < -0.3 is 19.7 Å². The Bertz CT molecular complexity index is 939. The summed E-state index contributed by atoms with van der Waals surface area (Å²) in [7, 11) is 0. The number of amides is 2. The van der Waals surface area contributed by atoms with Crippen molar-refractivity contribution in [2.45, 2.75) is 32.4 Å². The predicted octanol–water partition coefficient (Wildman–Crippen LogP) is 3.20. The quantitative estimate of drug-likeness (QED) is 0.630. The maximum Gasteiger partial charge on any atom is 0.573 e. The van der Waals surface area contributed by atoms with Crippen LogP contribution in [0.1, 0.15) is 18.9 Å². The van der Waals surface area contributed by atoms with Gasteiger partial charge in [-0.1, -0.05) is 30.3 Å². The maximum absolute atomic E-state index is 12.8. The first-order chi connectivity index (χ1) is 16.2. The predicted molar refractivity (Wildman–Crippen MR) is 119 cm³/mol. The lowest BCUT2D eigenvalue weighted by molar-refractivity contribution is -0.274. The van der Waals surface area contributed by atoms with Crippen molar-refractivity contribution >= 4 is 11.8 Å². The van der Waals surface area contributed by atoms with Crippen molar-refractivity contribution in [1.82, 2.24) is 15.1 Å². The highest BCUT2D eigenvalue weighted by molar-refractivity contribution is 5.81. The van der Waals surface area contributed by atoms with E-state index in [2.05, 4.69) is 10.1 Å². The third-order valence-corrected chi connectivity index (χ3v) is 5.32. The highest BCUT2D eigenvalue weighted by Gasteiger charge is 2.31. The van der Waals surface area contributed by atoms with Crippen LogP contribution in [0, 0.1) is 0 Å². The average Bonchev–Trinajstić information content (AvgIpc) is 3.03. The van der Waals surface area contributed by atoms with Crippen LogP contribution in [0.2, 0.25) is 0 Å². The van der Waals surface area contributed by atoms with E-state index in [4.69, 9.17) is 4.74 Å². The Balaban J connectivity index is 1.43. The molecule has 1 aliphatic heterocycles. The lowest BCUT2D eigenvalue weighted by Crippen LogP contribution is -2.43. The highest BCUT2D eigenvalue weighted by atomic mass is 19.4. The minimum atomic E-state index is -4.77. The summed E-state index contributed by atoms with van der Waals surface area (Å²) in [6, 6.07) is 14.6. The molecular formula is C24H28F3N3O4. The van der Waals surface area contributed by atoms with E-state index in [-0.39, 0.29) is 29.9 Å². The summed E-state index contributed by atoms with van der Waals surface area (Å²) in [5, 5.41) is 2.91. The van der Waals surface area contributed by atoms with Crippen molar-refractivity contribution in [2.75, 3.05) is 32.7 Å². The fourth-order valence-corrected chi connectivity index (χ4v) is 3.64. The molecule has 1 heterocycles. The molecule has 0 radical (unpaired) electrons. The minimum Gasteiger partial charge on any atom is -0.481 e. The van der Waals surface area contributed by atoms with Gasteiger partial charge in [-0.3, -0.25) is 14.5 Å². The molecule has 10 heteroatoms. The maximum atomic E-state index is 12.8. The molecular weight excluding hydrogens is 451 g/mol. The van der Waals surface area contributed by atoms with Crippen molar-refractivity contribution in [3.05, 3.63) is 60.2 Å². The lowest BCUT2D eigenvalue weighted by Gasteiger charge is -2.25. The van der Waals surface area contributed by atoms with Crippen LogP contribution in [0.15, 0.2) is 54.6 Å². The van der Waals surface area contributed by atoms with E-state index in [1.807, 2.05) is 35.2 Å². The van der Waals surface area contributed by atoms with E-state index < -0.39 is 12.5 Å². The van der Waals surface area contributed by atoms with Crippen LogP contribution >= 0.6 is 0 Å². The van der Waals surface area contributed by atoms with E-state index in [1.165, 1.54) is 12.1 Å². The number of carbonyl (C=O) groups excluding carboxylic acids is 2. The number of nitrogens with zero attached hydrogens (tertiary/aromatic N) is 2. The van der Waals surface area contributed by atoms with Crippen molar-refractivity contribution in [3.63, 3.8) is 0 Å². The van der Waals surface area contributed by atoms with Gasteiger partial charge in [0.15, 0.2) is 6.10 Å².